The third-order valence-electron chi connectivity index (χ3n) is 6.81. The molecule has 0 aromatic heterocycles. The molecule has 1 N–H and O–H groups in total. The summed E-state index contributed by atoms with van der Waals surface area (Å²) in [6, 6.07) is -0.384. The molecule has 4 heteroatoms. The smallest absolute Gasteiger partial charge is 0.245 e. The fraction of sp³-hybridized carbons (Fsp3) is 0.900. The highest BCUT2D eigenvalue weighted by Crippen LogP contribution is 2.60. The molecule has 4 aliphatic rings. The predicted molar refractivity (Wildman–Crippen MR) is 95.3 cm³/mol. The van der Waals surface area contributed by atoms with E-state index in [1.165, 1.54) is 19.3 Å². The van der Waals surface area contributed by atoms with Gasteiger partial charge in [-0.25, -0.2) is 0 Å². The van der Waals surface area contributed by atoms with Gasteiger partial charge in [0, 0.05) is 18.5 Å². The maximum absolute atomic E-state index is 13.2. The van der Waals surface area contributed by atoms with E-state index in [2.05, 4.69) is 5.32 Å². The first-order chi connectivity index (χ1) is 11.4. The molecule has 4 fully saturated rings. The van der Waals surface area contributed by atoms with Crippen LogP contribution in [0.1, 0.15) is 66.2 Å². The fourth-order valence-corrected chi connectivity index (χ4v) is 5.93. The maximum atomic E-state index is 13.2. The zero-order chi connectivity index (χ0) is 17.5. The van der Waals surface area contributed by atoms with Crippen molar-refractivity contribution in [2.45, 2.75) is 72.3 Å². The first-order valence-electron chi connectivity index (χ1n) is 9.98. The molecule has 4 aliphatic carbocycles. The minimum Gasteiger partial charge on any atom is -0.344 e. The quantitative estimate of drug-likeness (QED) is 0.811. The molecule has 4 saturated carbocycles. The molecule has 1 atom stereocenters. The molecule has 0 heterocycles. The Hall–Kier alpha value is -1.06. The molecule has 0 radical (unpaired) electrons. The molecule has 0 saturated heterocycles. The van der Waals surface area contributed by atoms with E-state index in [0.717, 1.165) is 37.0 Å². The van der Waals surface area contributed by atoms with Gasteiger partial charge in [0.25, 0.3) is 0 Å². The van der Waals surface area contributed by atoms with Crippen molar-refractivity contribution in [3.63, 3.8) is 0 Å². The number of carbonyl (C=O) groups excluding carboxylic acids is 2. The van der Waals surface area contributed by atoms with E-state index in [1.54, 1.807) is 0 Å². The van der Waals surface area contributed by atoms with Gasteiger partial charge in [0.15, 0.2) is 0 Å². The second-order valence-electron chi connectivity index (χ2n) is 8.90. The molecule has 4 bridgehead atoms. The fourth-order valence-electron chi connectivity index (χ4n) is 5.93. The summed E-state index contributed by atoms with van der Waals surface area (Å²) in [7, 11) is 0. The molecule has 0 aliphatic heterocycles. The Morgan fingerprint density at radius 1 is 1.00 bits per heavy atom. The number of rotatable bonds is 6. The molecule has 4 rings (SSSR count). The normalized spacial score (nSPS) is 35.1. The molecular weight excluding hydrogens is 300 g/mol. The predicted octanol–water partition coefficient (Wildman–Crippen LogP) is 3.21. The summed E-state index contributed by atoms with van der Waals surface area (Å²) in [6.07, 6.45) is 7.15. The number of hydrogen-bond donors (Lipinski definition) is 1. The number of nitrogens with one attached hydrogen (secondary N) is 1. The van der Waals surface area contributed by atoms with Gasteiger partial charge in [-0.2, -0.15) is 0 Å². The Balaban J connectivity index is 1.73. The van der Waals surface area contributed by atoms with Gasteiger partial charge < -0.3 is 10.2 Å². The second kappa shape index (κ2) is 6.68. The van der Waals surface area contributed by atoms with E-state index in [9.17, 15) is 9.59 Å². The molecule has 136 valence electrons. The molecule has 0 aromatic rings. The highest BCUT2D eigenvalue weighted by Gasteiger charge is 2.55. The summed E-state index contributed by atoms with van der Waals surface area (Å²) >= 11 is 0. The zero-order valence-corrected chi connectivity index (χ0v) is 15.8. The standard InChI is InChI=1S/C20H34N2O2/c1-5-22(6-2)18(23)17(13(3)4)21-19(24)20-10-14-7-15(11-20)9-16(8-14)12-20/h13-17H,5-12H2,1-4H3,(H,21,24). The van der Waals surface area contributed by atoms with Crippen LogP contribution in [0.5, 0.6) is 0 Å². The van der Waals surface area contributed by atoms with Gasteiger partial charge >= 0.3 is 0 Å². The van der Waals surface area contributed by atoms with Crippen molar-refractivity contribution in [2.24, 2.45) is 29.1 Å². The number of carbonyl (C=O) groups is 2. The van der Waals surface area contributed by atoms with Crippen molar-refractivity contribution in [3.8, 4) is 0 Å². The lowest BCUT2D eigenvalue weighted by Gasteiger charge is -2.56. The largest absolute Gasteiger partial charge is 0.344 e. The van der Waals surface area contributed by atoms with Crippen LogP contribution in [0.3, 0.4) is 0 Å². The third-order valence-corrected chi connectivity index (χ3v) is 6.81. The monoisotopic (exact) mass is 334 g/mol. The lowest BCUT2D eigenvalue weighted by Crippen LogP contribution is -2.58. The number of likely N-dealkylation sites (N-methyl/N-ethyl adjacent to an activating group) is 1. The third kappa shape index (κ3) is 3.09. The van der Waals surface area contributed by atoms with E-state index in [4.69, 9.17) is 0 Å². The Morgan fingerprint density at radius 3 is 1.83 bits per heavy atom. The van der Waals surface area contributed by atoms with E-state index < -0.39 is 0 Å². The highest BCUT2D eigenvalue weighted by atomic mass is 16.2. The van der Waals surface area contributed by atoms with Crippen LogP contribution in [0.2, 0.25) is 0 Å². The Morgan fingerprint density at radius 2 is 1.46 bits per heavy atom. The molecular formula is C20H34N2O2. The Labute approximate surface area is 146 Å². The summed E-state index contributed by atoms with van der Waals surface area (Å²) < 4.78 is 0. The van der Waals surface area contributed by atoms with Crippen molar-refractivity contribution in [1.29, 1.82) is 0 Å². The zero-order valence-electron chi connectivity index (χ0n) is 15.8. The highest BCUT2D eigenvalue weighted by molar-refractivity contribution is 5.90. The summed E-state index contributed by atoms with van der Waals surface area (Å²) in [5.41, 5.74) is -0.175. The minimum absolute atomic E-state index is 0.0769. The average Bonchev–Trinajstić information content (AvgIpc) is 2.51. The van der Waals surface area contributed by atoms with Crippen LogP contribution < -0.4 is 5.32 Å². The van der Waals surface area contributed by atoms with E-state index in [0.29, 0.717) is 13.1 Å². The van der Waals surface area contributed by atoms with Gasteiger partial charge in [0.2, 0.25) is 11.8 Å². The van der Waals surface area contributed by atoms with Crippen molar-refractivity contribution in [1.82, 2.24) is 10.2 Å². The van der Waals surface area contributed by atoms with Gasteiger partial charge in [0.05, 0.1) is 0 Å². The first-order valence-corrected chi connectivity index (χ1v) is 9.98. The second-order valence-corrected chi connectivity index (χ2v) is 8.90. The minimum atomic E-state index is -0.384. The van der Waals surface area contributed by atoms with Crippen LogP contribution in [0, 0.1) is 29.1 Å². The van der Waals surface area contributed by atoms with Crippen LogP contribution in [-0.4, -0.2) is 35.8 Å². The van der Waals surface area contributed by atoms with E-state index in [-0.39, 0.29) is 29.2 Å². The number of nitrogens with zero attached hydrogens (tertiary/aromatic N) is 1. The van der Waals surface area contributed by atoms with Crippen LogP contribution in [-0.2, 0) is 9.59 Å². The summed E-state index contributed by atoms with van der Waals surface area (Å²) in [5.74, 6) is 2.61. The molecule has 4 nitrogen and oxygen atoms in total. The summed E-state index contributed by atoms with van der Waals surface area (Å²) in [6.45, 7) is 9.47. The topological polar surface area (TPSA) is 49.4 Å². The molecule has 0 aromatic carbocycles. The van der Waals surface area contributed by atoms with Crippen LogP contribution in [0.25, 0.3) is 0 Å². The first kappa shape index (κ1) is 17.8. The summed E-state index contributed by atoms with van der Waals surface area (Å²) in [5, 5.41) is 3.19. The van der Waals surface area contributed by atoms with Crippen molar-refractivity contribution in [3.05, 3.63) is 0 Å². The van der Waals surface area contributed by atoms with Gasteiger partial charge in [-0.3, -0.25) is 9.59 Å². The van der Waals surface area contributed by atoms with Gasteiger partial charge in [-0.05, 0) is 76.0 Å². The Kier molecular flexibility index (Phi) is 4.94. The van der Waals surface area contributed by atoms with E-state index in [1.807, 2.05) is 32.6 Å². The molecule has 0 spiro atoms. The van der Waals surface area contributed by atoms with Crippen LogP contribution in [0.15, 0.2) is 0 Å². The average molecular weight is 335 g/mol. The van der Waals surface area contributed by atoms with Crippen LogP contribution in [0.4, 0.5) is 0 Å². The lowest BCUT2D eigenvalue weighted by molar-refractivity contribution is -0.150. The number of hydrogen-bond acceptors (Lipinski definition) is 2. The van der Waals surface area contributed by atoms with Gasteiger partial charge in [-0.1, -0.05) is 13.8 Å². The Bertz CT molecular complexity index is 461. The maximum Gasteiger partial charge on any atom is 0.245 e. The van der Waals surface area contributed by atoms with Crippen molar-refractivity contribution >= 4 is 11.8 Å². The molecule has 24 heavy (non-hydrogen) atoms. The molecule has 1 unspecified atom stereocenters. The van der Waals surface area contributed by atoms with Gasteiger partial charge in [0.1, 0.15) is 6.04 Å². The molecule has 2 amide bonds. The lowest BCUT2D eigenvalue weighted by atomic mass is 9.49. The van der Waals surface area contributed by atoms with Crippen molar-refractivity contribution in [2.75, 3.05) is 13.1 Å². The van der Waals surface area contributed by atoms with Crippen LogP contribution >= 0.6 is 0 Å². The van der Waals surface area contributed by atoms with Gasteiger partial charge in [-0.15, -0.1) is 0 Å². The summed E-state index contributed by atoms with van der Waals surface area (Å²) in [4.78, 5) is 27.9. The van der Waals surface area contributed by atoms with Crippen molar-refractivity contribution < 1.29 is 9.59 Å². The number of amides is 2. The SMILES string of the molecule is CCN(CC)C(=O)C(NC(=O)C12CC3CC(CC(C3)C1)C2)C(C)C. The van der Waals surface area contributed by atoms with E-state index >= 15 is 0 Å².